The van der Waals surface area contributed by atoms with Gasteiger partial charge in [-0.05, 0) is 13.8 Å². The van der Waals surface area contributed by atoms with Gasteiger partial charge in [-0.2, -0.15) is 4.79 Å². The Morgan fingerprint density at radius 2 is 2.11 bits per heavy atom. The number of carbonyl (C=O) groups excluding carboxylic acids is 2. The van der Waals surface area contributed by atoms with E-state index in [0.717, 1.165) is 7.11 Å². The van der Waals surface area contributed by atoms with E-state index in [1.165, 1.54) is 6.92 Å². The first-order chi connectivity index (χ1) is 8.80. The van der Waals surface area contributed by atoms with Gasteiger partial charge in [0.05, 0.1) is 13.7 Å². The molecule has 1 rings (SSSR count). The zero-order valence-electron chi connectivity index (χ0n) is 11.2. The number of methoxy groups -OCH3 is 1. The van der Waals surface area contributed by atoms with E-state index >= 15 is 0 Å². The van der Waals surface area contributed by atoms with Gasteiger partial charge < -0.3 is 24.5 Å². The fourth-order valence-corrected chi connectivity index (χ4v) is 1.67. The largest absolute Gasteiger partial charge is 0.460 e. The fraction of sp³-hybridized carbons (Fsp3) is 0.727. The second-order valence-corrected chi connectivity index (χ2v) is 4.37. The van der Waals surface area contributed by atoms with E-state index in [0.29, 0.717) is 0 Å². The zero-order chi connectivity index (χ0) is 14.6. The standard InChI is InChI=1S/C11H16N2O6/c1-6(14)18-9(8(13-12)10(15)16-4)7-5-17-11(2,3)19-7/h7,9H,5H2,1-4H3/t7-,9-/m1/s1. The smallest absolute Gasteiger partial charge is 0.420 e. The Bertz CT molecular complexity index is 427. The van der Waals surface area contributed by atoms with Crippen LogP contribution in [0.2, 0.25) is 0 Å². The number of hydrogen-bond acceptors (Lipinski definition) is 6. The lowest BCUT2D eigenvalue weighted by atomic mass is 10.1. The van der Waals surface area contributed by atoms with Crippen molar-refractivity contribution in [1.29, 1.82) is 0 Å². The molecule has 106 valence electrons. The average Bonchev–Trinajstić information content (AvgIpc) is 2.68. The zero-order valence-corrected chi connectivity index (χ0v) is 11.2. The highest BCUT2D eigenvalue weighted by atomic mass is 16.8. The SMILES string of the molecule is COC(=O)C(=[N+]=[N-])[C@H](OC(C)=O)[C@H]1COC(C)(C)O1. The van der Waals surface area contributed by atoms with Gasteiger partial charge in [0.1, 0.15) is 6.10 Å². The summed E-state index contributed by atoms with van der Waals surface area (Å²) in [5.41, 5.74) is 8.45. The maximum atomic E-state index is 11.5. The third-order valence-electron chi connectivity index (χ3n) is 2.43. The van der Waals surface area contributed by atoms with E-state index < -0.39 is 35.6 Å². The lowest BCUT2D eigenvalue weighted by Gasteiger charge is -2.20. The predicted octanol–water partition coefficient (Wildman–Crippen LogP) is -0.0866. The molecular weight excluding hydrogens is 256 g/mol. The van der Waals surface area contributed by atoms with E-state index in [1.54, 1.807) is 13.8 Å². The van der Waals surface area contributed by atoms with Crippen LogP contribution in [-0.4, -0.2) is 54.2 Å². The van der Waals surface area contributed by atoms with Crippen LogP contribution in [0.1, 0.15) is 20.8 Å². The molecule has 1 fully saturated rings. The Labute approximate surface area is 110 Å². The Morgan fingerprint density at radius 3 is 2.47 bits per heavy atom. The first kappa shape index (κ1) is 15.3. The normalized spacial score (nSPS) is 22.2. The summed E-state index contributed by atoms with van der Waals surface area (Å²) in [7, 11) is 1.12. The minimum absolute atomic E-state index is 0.0843. The molecule has 8 heteroatoms. The quantitative estimate of drug-likeness (QED) is 0.306. The Balaban J connectivity index is 2.98. The summed E-state index contributed by atoms with van der Waals surface area (Å²) < 4.78 is 20.2. The second-order valence-electron chi connectivity index (χ2n) is 4.37. The van der Waals surface area contributed by atoms with Crippen molar-refractivity contribution < 1.29 is 33.3 Å². The highest BCUT2D eigenvalue weighted by Gasteiger charge is 2.47. The summed E-state index contributed by atoms with van der Waals surface area (Å²) in [5.74, 6) is -2.44. The maximum Gasteiger partial charge on any atom is 0.420 e. The highest BCUT2D eigenvalue weighted by molar-refractivity contribution is 6.36. The first-order valence-corrected chi connectivity index (χ1v) is 5.60. The van der Waals surface area contributed by atoms with Crippen molar-refractivity contribution in [3.63, 3.8) is 0 Å². The van der Waals surface area contributed by atoms with Gasteiger partial charge in [0.25, 0.3) is 0 Å². The minimum atomic E-state index is -1.20. The van der Waals surface area contributed by atoms with Gasteiger partial charge in [0.2, 0.25) is 6.10 Å². The van der Waals surface area contributed by atoms with Crippen LogP contribution >= 0.6 is 0 Å². The Morgan fingerprint density at radius 1 is 1.47 bits per heavy atom. The van der Waals surface area contributed by atoms with Crippen molar-refractivity contribution in [2.24, 2.45) is 0 Å². The van der Waals surface area contributed by atoms with Gasteiger partial charge in [-0.3, -0.25) is 4.79 Å². The molecular formula is C11H16N2O6. The number of ether oxygens (including phenoxy) is 4. The summed E-state index contributed by atoms with van der Waals surface area (Å²) in [6.45, 7) is 4.60. The van der Waals surface area contributed by atoms with Crippen LogP contribution in [-0.2, 0) is 28.5 Å². The van der Waals surface area contributed by atoms with Gasteiger partial charge in [-0.15, -0.1) is 0 Å². The highest BCUT2D eigenvalue weighted by Crippen LogP contribution is 2.26. The average molecular weight is 272 g/mol. The number of rotatable bonds is 4. The van der Waals surface area contributed by atoms with Gasteiger partial charge in [-0.1, -0.05) is 0 Å². The number of hydrogen-bond donors (Lipinski definition) is 0. The molecule has 1 aliphatic rings. The lowest BCUT2D eigenvalue weighted by Crippen LogP contribution is -2.44. The van der Waals surface area contributed by atoms with Gasteiger partial charge in [0.15, 0.2) is 5.79 Å². The summed E-state index contributed by atoms with van der Waals surface area (Å²) in [6.07, 6.45) is -1.96. The third kappa shape index (κ3) is 3.85. The Kier molecular flexibility index (Phi) is 4.77. The fourth-order valence-electron chi connectivity index (χ4n) is 1.67. The van der Waals surface area contributed by atoms with Crippen LogP contribution in [0, 0.1) is 0 Å². The maximum absolute atomic E-state index is 11.5. The molecule has 2 atom stereocenters. The molecule has 8 nitrogen and oxygen atoms in total. The summed E-state index contributed by atoms with van der Waals surface area (Å²) in [6, 6.07) is 0. The van der Waals surface area contributed by atoms with E-state index in [2.05, 4.69) is 9.53 Å². The molecule has 0 aromatic rings. The van der Waals surface area contributed by atoms with Crippen molar-refractivity contribution in [2.75, 3.05) is 13.7 Å². The molecule has 0 amide bonds. The number of carbonyl (C=O) groups is 2. The molecule has 0 unspecified atom stereocenters. The van der Waals surface area contributed by atoms with E-state index in [-0.39, 0.29) is 6.61 Å². The van der Waals surface area contributed by atoms with Crippen molar-refractivity contribution in [3.8, 4) is 0 Å². The lowest BCUT2D eigenvalue weighted by molar-refractivity contribution is -0.167. The van der Waals surface area contributed by atoms with Crippen LogP contribution in [0.3, 0.4) is 0 Å². The molecule has 1 aliphatic heterocycles. The molecule has 0 radical (unpaired) electrons. The Hall–Kier alpha value is -1.76. The summed E-state index contributed by atoms with van der Waals surface area (Å²) in [4.78, 5) is 25.4. The molecule has 0 aliphatic carbocycles. The topological polar surface area (TPSA) is 107 Å². The number of esters is 2. The first-order valence-electron chi connectivity index (χ1n) is 5.60. The van der Waals surface area contributed by atoms with Crippen molar-refractivity contribution in [3.05, 3.63) is 5.53 Å². The van der Waals surface area contributed by atoms with E-state index in [1.807, 2.05) is 0 Å². The van der Waals surface area contributed by atoms with Crippen LogP contribution < -0.4 is 0 Å². The molecule has 1 heterocycles. The molecule has 0 aromatic carbocycles. The minimum Gasteiger partial charge on any atom is -0.460 e. The summed E-state index contributed by atoms with van der Waals surface area (Å²) >= 11 is 0. The van der Waals surface area contributed by atoms with Gasteiger partial charge in [-0.25, -0.2) is 4.79 Å². The van der Waals surface area contributed by atoms with Crippen molar-refractivity contribution >= 4 is 17.7 Å². The van der Waals surface area contributed by atoms with Crippen LogP contribution in [0.25, 0.3) is 5.53 Å². The van der Waals surface area contributed by atoms with Crippen LogP contribution in [0.5, 0.6) is 0 Å². The molecule has 0 aromatic heterocycles. The van der Waals surface area contributed by atoms with Gasteiger partial charge in [0, 0.05) is 6.92 Å². The monoisotopic (exact) mass is 272 g/mol. The molecule has 19 heavy (non-hydrogen) atoms. The third-order valence-corrected chi connectivity index (χ3v) is 2.43. The van der Waals surface area contributed by atoms with Crippen molar-refractivity contribution in [1.82, 2.24) is 0 Å². The molecule has 0 spiro atoms. The predicted molar refractivity (Wildman–Crippen MR) is 61.1 cm³/mol. The van der Waals surface area contributed by atoms with Gasteiger partial charge >= 0.3 is 17.7 Å². The molecule has 1 saturated heterocycles. The van der Waals surface area contributed by atoms with Crippen LogP contribution in [0.4, 0.5) is 0 Å². The van der Waals surface area contributed by atoms with E-state index in [9.17, 15) is 9.59 Å². The van der Waals surface area contributed by atoms with E-state index in [4.69, 9.17) is 19.7 Å². The molecule has 0 N–H and O–H groups in total. The van der Waals surface area contributed by atoms with Crippen molar-refractivity contribution in [2.45, 2.75) is 38.8 Å². The molecule has 0 saturated carbocycles. The molecule has 0 bridgehead atoms. The second kappa shape index (κ2) is 5.92. The van der Waals surface area contributed by atoms with Crippen LogP contribution in [0.15, 0.2) is 0 Å². The number of nitrogens with zero attached hydrogens (tertiary/aromatic N) is 2. The summed E-state index contributed by atoms with van der Waals surface area (Å²) in [5, 5.41) is 0.